The molecule has 1 atom stereocenters. The number of nitrogens with one attached hydrogen (secondary N) is 1. The van der Waals surface area contributed by atoms with Gasteiger partial charge in [0.05, 0.1) is 19.4 Å². The zero-order chi connectivity index (χ0) is 14.9. The molecule has 114 valence electrons. The molecule has 1 aliphatic heterocycles. The molecule has 3 aromatic heterocycles. The number of hydrogen-bond acceptors (Lipinski definition) is 7. The molecule has 0 spiro atoms. The van der Waals surface area contributed by atoms with Crippen LogP contribution in [-0.2, 0) is 19.5 Å². The molecule has 0 bridgehead atoms. The van der Waals surface area contributed by atoms with Crippen molar-refractivity contribution in [3.05, 3.63) is 35.9 Å². The molecule has 22 heavy (non-hydrogen) atoms. The summed E-state index contributed by atoms with van der Waals surface area (Å²) < 4.78 is 12.8. The average Bonchev–Trinajstić information content (AvgIpc) is 3.23. The van der Waals surface area contributed by atoms with Crippen LogP contribution >= 0.6 is 0 Å². The van der Waals surface area contributed by atoms with Gasteiger partial charge in [-0.15, -0.1) is 10.2 Å². The summed E-state index contributed by atoms with van der Waals surface area (Å²) in [5.41, 5.74) is 0. The minimum atomic E-state index is 0.326. The molecule has 0 saturated heterocycles. The van der Waals surface area contributed by atoms with Crippen molar-refractivity contribution < 1.29 is 8.83 Å². The second-order valence-corrected chi connectivity index (χ2v) is 5.35. The third-order valence-electron chi connectivity index (χ3n) is 3.70. The molecule has 0 aromatic carbocycles. The third kappa shape index (κ3) is 2.52. The zero-order valence-electron chi connectivity index (χ0n) is 12.2. The van der Waals surface area contributed by atoms with Crippen molar-refractivity contribution in [2.45, 2.75) is 38.9 Å². The summed E-state index contributed by atoms with van der Waals surface area (Å²) >= 11 is 0. The summed E-state index contributed by atoms with van der Waals surface area (Å²) in [6, 6.07) is 3.91. The fourth-order valence-corrected chi connectivity index (χ4v) is 2.66. The maximum Gasteiger partial charge on any atom is 0.283 e. The van der Waals surface area contributed by atoms with Gasteiger partial charge < -0.3 is 14.2 Å². The molecule has 3 aromatic rings. The van der Waals surface area contributed by atoms with Gasteiger partial charge in [-0.3, -0.25) is 0 Å². The highest BCUT2D eigenvalue weighted by atomic mass is 16.4. The maximum atomic E-state index is 5.58. The van der Waals surface area contributed by atoms with Crippen molar-refractivity contribution in [3.8, 4) is 11.7 Å². The lowest BCUT2D eigenvalue weighted by molar-refractivity contribution is 0.341. The Morgan fingerprint density at radius 2 is 2.36 bits per heavy atom. The van der Waals surface area contributed by atoms with Crippen LogP contribution in [0.4, 0.5) is 0 Å². The number of aryl methyl sites for hydroxylation is 2. The molecule has 0 radical (unpaired) electrons. The standard InChI is InChI=1S/C14H16N6O2/c1-9-16-12-5-4-10(8-20(12)19-9)15-7-13-17-18-14(22-13)11-3-2-6-21-11/h2-3,6,10,15H,4-5,7-8H2,1H3/t10-/m1/s1. The number of hydrogen-bond donors (Lipinski definition) is 1. The highest BCUT2D eigenvalue weighted by Gasteiger charge is 2.21. The highest BCUT2D eigenvalue weighted by molar-refractivity contribution is 5.42. The predicted octanol–water partition coefficient (Wildman–Crippen LogP) is 1.33. The molecule has 8 heteroatoms. The first-order valence-corrected chi connectivity index (χ1v) is 7.28. The van der Waals surface area contributed by atoms with Crippen molar-refractivity contribution in [1.82, 2.24) is 30.3 Å². The molecule has 1 aliphatic rings. The average molecular weight is 300 g/mol. The summed E-state index contributed by atoms with van der Waals surface area (Å²) in [5, 5.41) is 15.8. The topological polar surface area (TPSA) is 94.8 Å². The molecule has 8 nitrogen and oxygen atoms in total. The summed E-state index contributed by atoms with van der Waals surface area (Å²) in [6.07, 6.45) is 3.54. The van der Waals surface area contributed by atoms with Gasteiger partial charge in [0.15, 0.2) is 5.76 Å². The minimum absolute atomic E-state index is 0.326. The number of nitrogens with zero attached hydrogens (tertiary/aromatic N) is 5. The Bertz CT molecular complexity index is 760. The lowest BCUT2D eigenvalue weighted by Crippen LogP contribution is -2.37. The van der Waals surface area contributed by atoms with Crippen molar-refractivity contribution in [3.63, 3.8) is 0 Å². The summed E-state index contributed by atoms with van der Waals surface area (Å²) in [5.74, 6) is 3.43. The van der Waals surface area contributed by atoms with Gasteiger partial charge in [0, 0.05) is 12.5 Å². The first-order chi connectivity index (χ1) is 10.8. The van der Waals surface area contributed by atoms with Crippen LogP contribution in [0.15, 0.2) is 27.2 Å². The van der Waals surface area contributed by atoms with Crippen LogP contribution in [0, 0.1) is 6.92 Å². The third-order valence-corrected chi connectivity index (χ3v) is 3.70. The van der Waals surface area contributed by atoms with E-state index in [0.717, 1.165) is 31.0 Å². The number of fused-ring (bicyclic) bond motifs is 1. The molecular formula is C14H16N6O2. The van der Waals surface area contributed by atoms with Crippen LogP contribution in [-0.4, -0.2) is 31.0 Å². The van der Waals surface area contributed by atoms with E-state index in [2.05, 4.69) is 25.6 Å². The Hall–Kier alpha value is -2.48. The Kier molecular flexibility index (Phi) is 3.23. The van der Waals surface area contributed by atoms with E-state index in [1.165, 1.54) is 0 Å². The molecule has 0 unspecified atom stereocenters. The monoisotopic (exact) mass is 300 g/mol. The van der Waals surface area contributed by atoms with Crippen LogP contribution in [0.3, 0.4) is 0 Å². The predicted molar refractivity (Wildman–Crippen MR) is 75.7 cm³/mol. The molecule has 0 aliphatic carbocycles. The van der Waals surface area contributed by atoms with Gasteiger partial charge in [-0.25, -0.2) is 9.67 Å². The summed E-state index contributed by atoms with van der Waals surface area (Å²) in [7, 11) is 0. The number of aromatic nitrogens is 5. The van der Waals surface area contributed by atoms with Crippen LogP contribution in [0.1, 0.15) is 24.0 Å². The van der Waals surface area contributed by atoms with Gasteiger partial charge in [-0.2, -0.15) is 5.10 Å². The fraction of sp³-hybridized carbons (Fsp3) is 0.429. The van der Waals surface area contributed by atoms with E-state index in [1.54, 1.807) is 18.4 Å². The van der Waals surface area contributed by atoms with Crippen LogP contribution in [0.2, 0.25) is 0 Å². The molecule has 0 fully saturated rings. The molecular weight excluding hydrogens is 284 g/mol. The van der Waals surface area contributed by atoms with E-state index < -0.39 is 0 Å². The Labute approximate surface area is 126 Å². The van der Waals surface area contributed by atoms with Gasteiger partial charge in [0.25, 0.3) is 5.89 Å². The first kappa shape index (κ1) is 13.2. The molecule has 4 heterocycles. The second kappa shape index (κ2) is 5.38. The van der Waals surface area contributed by atoms with Gasteiger partial charge in [-0.1, -0.05) is 0 Å². The Balaban J connectivity index is 1.37. The van der Waals surface area contributed by atoms with Gasteiger partial charge >= 0.3 is 0 Å². The van der Waals surface area contributed by atoms with E-state index in [9.17, 15) is 0 Å². The molecule has 1 N–H and O–H groups in total. The molecule has 4 rings (SSSR count). The Morgan fingerprint density at radius 1 is 1.41 bits per heavy atom. The highest BCUT2D eigenvalue weighted by Crippen LogP contribution is 2.18. The van der Waals surface area contributed by atoms with E-state index in [1.807, 2.05) is 11.6 Å². The number of rotatable bonds is 4. The van der Waals surface area contributed by atoms with Gasteiger partial charge in [-0.05, 0) is 25.5 Å². The van der Waals surface area contributed by atoms with Crippen LogP contribution in [0.5, 0.6) is 0 Å². The fourth-order valence-electron chi connectivity index (χ4n) is 2.66. The van der Waals surface area contributed by atoms with Crippen LogP contribution < -0.4 is 5.32 Å². The Morgan fingerprint density at radius 3 is 3.23 bits per heavy atom. The smallest absolute Gasteiger partial charge is 0.283 e. The lowest BCUT2D eigenvalue weighted by atomic mass is 10.1. The van der Waals surface area contributed by atoms with Gasteiger partial charge in [0.1, 0.15) is 11.6 Å². The van der Waals surface area contributed by atoms with E-state index in [0.29, 0.717) is 30.1 Å². The van der Waals surface area contributed by atoms with E-state index in [4.69, 9.17) is 8.83 Å². The quantitative estimate of drug-likeness (QED) is 0.776. The first-order valence-electron chi connectivity index (χ1n) is 7.28. The van der Waals surface area contributed by atoms with Crippen molar-refractivity contribution in [2.24, 2.45) is 0 Å². The maximum absolute atomic E-state index is 5.58. The van der Waals surface area contributed by atoms with Gasteiger partial charge in [0.2, 0.25) is 5.89 Å². The van der Waals surface area contributed by atoms with Crippen LogP contribution in [0.25, 0.3) is 11.7 Å². The van der Waals surface area contributed by atoms with Crippen molar-refractivity contribution >= 4 is 0 Å². The number of furan rings is 1. The second-order valence-electron chi connectivity index (χ2n) is 5.35. The molecule has 0 amide bonds. The normalized spacial score (nSPS) is 17.6. The SMILES string of the molecule is Cc1nc2n(n1)C[C@H](NCc1nnc(-c3ccco3)o1)CC2. The van der Waals surface area contributed by atoms with E-state index in [-0.39, 0.29) is 0 Å². The summed E-state index contributed by atoms with van der Waals surface area (Å²) in [6.45, 7) is 3.26. The minimum Gasteiger partial charge on any atom is -0.459 e. The molecule has 0 saturated carbocycles. The largest absolute Gasteiger partial charge is 0.459 e. The van der Waals surface area contributed by atoms with E-state index >= 15 is 0 Å². The lowest BCUT2D eigenvalue weighted by Gasteiger charge is -2.22. The van der Waals surface area contributed by atoms with Crippen molar-refractivity contribution in [1.29, 1.82) is 0 Å². The van der Waals surface area contributed by atoms with Crippen molar-refractivity contribution in [2.75, 3.05) is 0 Å². The summed E-state index contributed by atoms with van der Waals surface area (Å²) in [4.78, 5) is 4.41. The zero-order valence-corrected chi connectivity index (χ0v) is 12.2.